The zero-order valence-electron chi connectivity index (χ0n) is 13.6. The van der Waals surface area contributed by atoms with E-state index in [0.29, 0.717) is 12.2 Å². The van der Waals surface area contributed by atoms with Crippen molar-refractivity contribution >= 4 is 14.2 Å². The maximum Gasteiger partial charge on any atom is 0.407 e. The van der Waals surface area contributed by atoms with E-state index in [2.05, 4.69) is 25.0 Å². The second-order valence-electron chi connectivity index (χ2n) is 7.25. The Bertz CT molecular complexity index is 557. The van der Waals surface area contributed by atoms with Gasteiger partial charge in [-0.15, -0.1) is 0 Å². The highest BCUT2D eigenvalue weighted by Gasteiger charge is 2.49. The zero-order chi connectivity index (χ0) is 16.5. The molecule has 1 aromatic rings. The van der Waals surface area contributed by atoms with E-state index in [1.807, 2.05) is 6.07 Å². The van der Waals surface area contributed by atoms with E-state index in [4.69, 9.17) is 4.74 Å². The van der Waals surface area contributed by atoms with Gasteiger partial charge in [-0.05, 0) is 24.1 Å². The molecule has 0 bridgehead atoms. The summed E-state index contributed by atoms with van der Waals surface area (Å²) >= 11 is 0. The lowest BCUT2D eigenvalue weighted by molar-refractivity contribution is -0.0202. The summed E-state index contributed by atoms with van der Waals surface area (Å²) in [6.45, 7) is 8.71. The summed E-state index contributed by atoms with van der Waals surface area (Å²) in [7, 11) is -1.26. The first-order valence-corrected chi connectivity index (χ1v) is 11.3. The fourth-order valence-corrected chi connectivity index (χ4v) is 3.43. The average Bonchev–Trinajstić information content (AvgIpc) is 2.60. The Balaban J connectivity index is 2.07. The minimum atomic E-state index is -1.26. The van der Waals surface area contributed by atoms with Crippen LogP contribution in [0, 0.1) is 0 Å². The number of rotatable bonds is 4. The molecule has 1 aliphatic rings. The van der Waals surface area contributed by atoms with Gasteiger partial charge in [0.05, 0.1) is 12.1 Å². The van der Waals surface area contributed by atoms with Crippen molar-refractivity contribution in [3.05, 3.63) is 35.4 Å². The first-order chi connectivity index (χ1) is 10.1. The quantitative estimate of drug-likeness (QED) is 0.743. The van der Waals surface area contributed by atoms with E-state index in [1.165, 1.54) is 0 Å². The van der Waals surface area contributed by atoms with Gasteiger partial charge >= 0.3 is 6.09 Å². The molecule has 0 saturated heterocycles. The summed E-state index contributed by atoms with van der Waals surface area (Å²) < 4.78 is 5.24. The molecular formula is C16H25NO4Si. The van der Waals surface area contributed by atoms with Crippen LogP contribution >= 0.6 is 0 Å². The third-order valence-corrected chi connectivity index (χ3v) is 5.88. The smallest absolute Gasteiger partial charge is 0.407 e. The van der Waals surface area contributed by atoms with Gasteiger partial charge in [0.2, 0.25) is 0 Å². The number of hydrogen-bond acceptors (Lipinski definition) is 4. The molecule has 122 valence electrons. The number of amides is 1. The van der Waals surface area contributed by atoms with Gasteiger partial charge < -0.3 is 20.3 Å². The van der Waals surface area contributed by atoms with Gasteiger partial charge in [-0.25, -0.2) is 4.79 Å². The van der Waals surface area contributed by atoms with Gasteiger partial charge in [0, 0.05) is 8.07 Å². The predicted molar refractivity (Wildman–Crippen MR) is 87.4 cm³/mol. The molecular weight excluding hydrogens is 298 g/mol. The predicted octanol–water partition coefficient (Wildman–Crippen LogP) is 2.37. The molecule has 0 saturated carbocycles. The Hall–Kier alpha value is -1.37. The lowest BCUT2D eigenvalue weighted by atomic mass is 9.92. The Morgan fingerprint density at radius 3 is 2.59 bits per heavy atom. The Morgan fingerprint density at radius 2 is 1.95 bits per heavy atom. The highest BCUT2D eigenvalue weighted by atomic mass is 28.3. The van der Waals surface area contributed by atoms with Crippen molar-refractivity contribution in [3.8, 4) is 0 Å². The van der Waals surface area contributed by atoms with Crippen molar-refractivity contribution in [3.63, 3.8) is 0 Å². The van der Waals surface area contributed by atoms with E-state index in [1.54, 1.807) is 25.1 Å². The molecule has 1 aromatic carbocycles. The number of aliphatic hydroxyl groups is 2. The Kier molecular flexibility index (Phi) is 4.65. The van der Waals surface area contributed by atoms with Crippen LogP contribution in [-0.4, -0.2) is 37.1 Å². The standard InChI is InChI=1S/C16H25NO4Si/c1-16(17-15(20)21-9-10-22(2,3)4)12-8-6-5-7-11(12)13(18)14(16)19/h5-8,13-14,18-19H,9-10H2,1-4H3,(H,17,20)/t13-,14-,16?/m1/s1. The number of hydrogen-bond donors (Lipinski definition) is 3. The van der Waals surface area contributed by atoms with E-state index in [0.717, 1.165) is 11.6 Å². The van der Waals surface area contributed by atoms with Crippen LogP contribution in [0.2, 0.25) is 25.7 Å². The van der Waals surface area contributed by atoms with E-state index in [9.17, 15) is 15.0 Å². The third-order valence-electron chi connectivity index (χ3n) is 4.18. The van der Waals surface area contributed by atoms with Crippen LogP contribution < -0.4 is 5.32 Å². The van der Waals surface area contributed by atoms with Crippen molar-refractivity contribution in [2.75, 3.05) is 6.61 Å². The van der Waals surface area contributed by atoms with Crippen molar-refractivity contribution in [2.24, 2.45) is 0 Å². The number of nitrogens with one attached hydrogen (secondary N) is 1. The van der Waals surface area contributed by atoms with Crippen LogP contribution in [0.15, 0.2) is 24.3 Å². The van der Waals surface area contributed by atoms with Gasteiger partial charge in [0.25, 0.3) is 0 Å². The summed E-state index contributed by atoms with van der Waals surface area (Å²) in [6, 6.07) is 8.07. The summed E-state index contributed by atoms with van der Waals surface area (Å²) in [4.78, 5) is 12.0. The van der Waals surface area contributed by atoms with Crippen molar-refractivity contribution in [1.29, 1.82) is 0 Å². The Labute approximate surface area is 132 Å². The summed E-state index contributed by atoms with van der Waals surface area (Å²) in [6.07, 6.45) is -2.68. The first kappa shape index (κ1) is 17.0. The molecule has 3 atom stereocenters. The minimum Gasteiger partial charge on any atom is -0.450 e. The largest absolute Gasteiger partial charge is 0.450 e. The Morgan fingerprint density at radius 1 is 1.32 bits per heavy atom. The molecule has 0 radical (unpaired) electrons. The molecule has 3 N–H and O–H groups in total. The van der Waals surface area contributed by atoms with Crippen molar-refractivity contribution in [1.82, 2.24) is 5.32 Å². The van der Waals surface area contributed by atoms with Gasteiger partial charge in [-0.3, -0.25) is 0 Å². The number of carbonyl (C=O) groups excluding carboxylic acids is 1. The molecule has 0 fully saturated rings. The molecule has 0 heterocycles. The van der Waals surface area contributed by atoms with E-state index >= 15 is 0 Å². The number of aliphatic hydroxyl groups excluding tert-OH is 2. The van der Waals surface area contributed by atoms with E-state index in [-0.39, 0.29) is 0 Å². The average molecular weight is 323 g/mol. The SMILES string of the molecule is CC1(NC(=O)OCC[Si](C)(C)C)c2ccccc2[C@@H](O)[C@H]1O. The van der Waals surface area contributed by atoms with Gasteiger partial charge in [0.1, 0.15) is 12.2 Å². The first-order valence-electron chi connectivity index (χ1n) is 7.55. The van der Waals surface area contributed by atoms with E-state index < -0.39 is 31.9 Å². The molecule has 5 nitrogen and oxygen atoms in total. The van der Waals surface area contributed by atoms with Crippen LogP contribution in [-0.2, 0) is 10.3 Å². The van der Waals surface area contributed by atoms with Gasteiger partial charge in [0.15, 0.2) is 0 Å². The number of alkyl carbamates (subject to hydrolysis) is 1. The number of carbonyl (C=O) groups is 1. The lowest BCUT2D eigenvalue weighted by Gasteiger charge is -2.31. The fourth-order valence-electron chi connectivity index (χ4n) is 2.71. The van der Waals surface area contributed by atoms with Crippen molar-refractivity contribution in [2.45, 2.75) is 50.4 Å². The van der Waals surface area contributed by atoms with Crippen molar-refractivity contribution < 1.29 is 19.7 Å². The number of benzene rings is 1. The molecule has 1 unspecified atom stereocenters. The summed E-state index contributed by atoms with van der Waals surface area (Å²) in [5, 5.41) is 23.2. The molecule has 0 aromatic heterocycles. The molecule has 22 heavy (non-hydrogen) atoms. The zero-order valence-corrected chi connectivity index (χ0v) is 14.6. The second kappa shape index (κ2) is 6.02. The van der Waals surface area contributed by atoms with Crippen LogP contribution in [0.25, 0.3) is 0 Å². The molecule has 1 aliphatic carbocycles. The highest BCUT2D eigenvalue weighted by Crippen LogP contribution is 2.43. The maximum atomic E-state index is 12.0. The molecule has 1 amide bonds. The van der Waals surface area contributed by atoms with Gasteiger partial charge in [-0.1, -0.05) is 43.9 Å². The number of fused-ring (bicyclic) bond motifs is 1. The normalized spacial score (nSPS) is 27.4. The fraction of sp³-hybridized carbons (Fsp3) is 0.562. The minimum absolute atomic E-state index is 0.373. The van der Waals surface area contributed by atoms with Gasteiger partial charge in [-0.2, -0.15) is 0 Å². The monoisotopic (exact) mass is 323 g/mol. The van der Waals surface area contributed by atoms with Crippen LogP contribution in [0.4, 0.5) is 4.79 Å². The maximum absolute atomic E-state index is 12.0. The second-order valence-corrected chi connectivity index (χ2v) is 12.9. The van der Waals surface area contributed by atoms with Crippen LogP contribution in [0.1, 0.15) is 24.2 Å². The summed E-state index contributed by atoms with van der Waals surface area (Å²) in [5.74, 6) is 0. The topological polar surface area (TPSA) is 78.8 Å². The highest BCUT2D eigenvalue weighted by molar-refractivity contribution is 6.76. The molecule has 0 spiro atoms. The molecule has 0 aliphatic heterocycles. The molecule has 6 heteroatoms. The third kappa shape index (κ3) is 3.34. The van der Waals surface area contributed by atoms with Crippen LogP contribution in [0.3, 0.4) is 0 Å². The lowest BCUT2D eigenvalue weighted by Crippen LogP contribution is -2.50. The van der Waals surface area contributed by atoms with Crippen LogP contribution in [0.5, 0.6) is 0 Å². The molecule has 2 rings (SSSR count). The summed E-state index contributed by atoms with van der Waals surface area (Å²) in [5.41, 5.74) is 0.309. The number of ether oxygens (including phenoxy) is 1.